The number of piperazine rings is 1. The molecule has 1 heterocycles. The van der Waals surface area contributed by atoms with Crippen LogP contribution in [-0.4, -0.2) is 67.4 Å². The molecule has 0 aliphatic carbocycles. The van der Waals surface area contributed by atoms with Crippen LogP contribution in [0.25, 0.3) is 0 Å². The summed E-state index contributed by atoms with van der Waals surface area (Å²) >= 11 is 5.81. The molecule has 30 heavy (non-hydrogen) atoms. The van der Waals surface area contributed by atoms with Crippen molar-refractivity contribution in [2.75, 3.05) is 32.8 Å². The fraction of sp³-hybridized carbons (Fsp3) is 0.300. The number of ether oxygens (including phenoxy) is 1. The Balaban J connectivity index is 1.54. The fourth-order valence-corrected chi connectivity index (χ4v) is 4.59. The van der Waals surface area contributed by atoms with Crippen LogP contribution in [0.1, 0.15) is 15.9 Å². The van der Waals surface area contributed by atoms with Crippen molar-refractivity contribution >= 4 is 33.5 Å². The first-order chi connectivity index (χ1) is 14.2. The number of hydrogen-bond acceptors (Lipinski definition) is 6. The smallest absolute Gasteiger partial charge is 0.342 e. The predicted molar refractivity (Wildman–Crippen MR) is 110 cm³/mol. The summed E-state index contributed by atoms with van der Waals surface area (Å²) in [6, 6.07) is 10.4. The maximum absolute atomic E-state index is 12.7. The summed E-state index contributed by atoms with van der Waals surface area (Å²) < 4.78 is 31.7. The van der Waals surface area contributed by atoms with E-state index in [2.05, 4.69) is 0 Å². The Kier molecular flexibility index (Phi) is 6.64. The molecule has 1 aliphatic heterocycles. The number of amides is 1. The van der Waals surface area contributed by atoms with E-state index >= 15 is 0 Å². The number of nitrogens with zero attached hydrogens (tertiary/aromatic N) is 2. The van der Waals surface area contributed by atoms with Gasteiger partial charge in [-0.3, -0.25) is 4.79 Å². The molecule has 0 unspecified atom stereocenters. The van der Waals surface area contributed by atoms with Gasteiger partial charge in [0.25, 0.3) is 5.91 Å². The lowest BCUT2D eigenvalue weighted by molar-refractivity contribution is -0.135. The van der Waals surface area contributed by atoms with Gasteiger partial charge in [-0.2, -0.15) is 4.31 Å². The Hall–Kier alpha value is -2.62. The van der Waals surface area contributed by atoms with Crippen LogP contribution in [0.2, 0.25) is 5.02 Å². The fourth-order valence-electron chi connectivity index (χ4n) is 3.04. The lowest BCUT2D eigenvalue weighted by atomic mass is 10.1. The first-order valence-electron chi connectivity index (χ1n) is 9.19. The van der Waals surface area contributed by atoms with E-state index < -0.39 is 28.5 Å². The second kappa shape index (κ2) is 9.03. The summed E-state index contributed by atoms with van der Waals surface area (Å²) in [6.45, 7) is 1.89. The van der Waals surface area contributed by atoms with Crippen molar-refractivity contribution in [1.29, 1.82) is 0 Å². The third-order valence-electron chi connectivity index (χ3n) is 4.74. The van der Waals surface area contributed by atoms with Crippen molar-refractivity contribution < 1.29 is 27.9 Å². The highest BCUT2D eigenvalue weighted by atomic mass is 35.5. The number of benzene rings is 2. The number of aryl methyl sites for hydroxylation is 1. The molecule has 1 N–H and O–H groups in total. The average Bonchev–Trinajstić information content (AvgIpc) is 2.74. The van der Waals surface area contributed by atoms with Crippen LogP contribution in [-0.2, 0) is 19.6 Å². The van der Waals surface area contributed by atoms with Gasteiger partial charge in [0.05, 0.1) is 4.90 Å². The van der Waals surface area contributed by atoms with Crippen molar-refractivity contribution in [2.24, 2.45) is 0 Å². The van der Waals surface area contributed by atoms with Gasteiger partial charge in [-0.15, -0.1) is 0 Å². The molecule has 0 bridgehead atoms. The van der Waals surface area contributed by atoms with E-state index in [0.717, 1.165) is 5.56 Å². The van der Waals surface area contributed by atoms with Gasteiger partial charge in [0.15, 0.2) is 6.61 Å². The molecule has 0 radical (unpaired) electrons. The van der Waals surface area contributed by atoms with E-state index in [9.17, 15) is 23.1 Å². The quantitative estimate of drug-likeness (QED) is 0.696. The predicted octanol–water partition coefficient (Wildman–Crippen LogP) is 2.04. The van der Waals surface area contributed by atoms with Crippen LogP contribution < -0.4 is 0 Å². The number of esters is 1. The highest BCUT2D eigenvalue weighted by molar-refractivity contribution is 7.89. The van der Waals surface area contributed by atoms with Gasteiger partial charge in [-0.1, -0.05) is 23.2 Å². The normalized spacial score (nSPS) is 15.1. The zero-order chi connectivity index (χ0) is 21.9. The van der Waals surface area contributed by atoms with Gasteiger partial charge in [0.1, 0.15) is 11.3 Å². The molecule has 0 saturated carbocycles. The Bertz CT molecular complexity index is 1050. The second-order valence-electron chi connectivity index (χ2n) is 6.84. The van der Waals surface area contributed by atoms with E-state index in [1.165, 1.54) is 45.6 Å². The molecule has 1 saturated heterocycles. The highest BCUT2D eigenvalue weighted by Gasteiger charge is 2.30. The molecule has 0 atom stereocenters. The van der Waals surface area contributed by atoms with Crippen LogP contribution in [0.15, 0.2) is 47.4 Å². The molecule has 0 aromatic heterocycles. The standard InChI is InChI=1S/C20H21ClN2O6S/c1-14-2-7-18(24)17(12-14)20(26)29-13-19(25)22-8-10-23(11-9-22)30(27,28)16-5-3-15(21)4-6-16/h2-7,12,24H,8-11,13H2,1H3. The molecule has 1 fully saturated rings. The van der Waals surface area contributed by atoms with Crippen molar-refractivity contribution in [3.63, 3.8) is 0 Å². The minimum Gasteiger partial charge on any atom is -0.507 e. The Morgan fingerprint density at radius 2 is 1.70 bits per heavy atom. The van der Waals surface area contributed by atoms with E-state index in [1.807, 2.05) is 0 Å². The van der Waals surface area contributed by atoms with Crippen LogP contribution in [0.4, 0.5) is 0 Å². The summed E-state index contributed by atoms with van der Waals surface area (Å²) in [6.07, 6.45) is 0. The lowest BCUT2D eigenvalue weighted by Crippen LogP contribution is -2.51. The van der Waals surface area contributed by atoms with Crippen molar-refractivity contribution in [3.8, 4) is 5.75 Å². The number of hydrogen-bond donors (Lipinski definition) is 1. The molecular weight excluding hydrogens is 432 g/mol. The van der Waals surface area contributed by atoms with E-state index in [-0.39, 0.29) is 42.4 Å². The SMILES string of the molecule is Cc1ccc(O)c(C(=O)OCC(=O)N2CCN(S(=O)(=O)c3ccc(Cl)cc3)CC2)c1. The number of phenols is 1. The number of carbonyl (C=O) groups is 2. The maximum atomic E-state index is 12.7. The monoisotopic (exact) mass is 452 g/mol. The maximum Gasteiger partial charge on any atom is 0.342 e. The molecule has 8 nitrogen and oxygen atoms in total. The van der Waals surface area contributed by atoms with Gasteiger partial charge in [0, 0.05) is 31.2 Å². The Morgan fingerprint density at radius 1 is 1.07 bits per heavy atom. The molecule has 1 aliphatic rings. The number of rotatable bonds is 5. The largest absolute Gasteiger partial charge is 0.507 e. The molecule has 1 amide bonds. The molecule has 0 spiro atoms. The first-order valence-corrected chi connectivity index (χ1v) is 11.0. The number of aromatic hydroxyl groups is 1. The molecule has 2 aromatic rings. The van der Waals surface area contributed by atoms with Gasteiger partial charge in [0.2, 0.25) is 10.0 Å². The zero-order valence-electron chi connectivity index (χ0n) is 16.2. The van der Waals surface area contributed by atoms with Crippen LogP contribution in [0, 0.1) is 6.92 Å². The lowest BCUT2D eigenvalue weighted by Gasteiger charge is -2.33. The summed E-state index contributed by atoms with van der Waals surface area (Å²) in [7, 11) is -3.67. The Labute approximate surface area is 179 Å². The molecular formula is C20H21ClN2O6S. The van der Waals surface area contributed by atoms with Gasteiger partial charge in [-0.05, 0) is 43.3 Å². The van der Waals surface area contributed by atoms with Crippen molar-refractivity contribution in [1.82, 2.24) is 9.21 Å². The van der Waals surface area contributed by atoms with Crippen LogP contribution >= 0.6 is 11.6 Å². The number of carbonyl (C=O) groups excluding carboxylic acids is 2. The second-order valence-corrected chi connectivity index (χ2v) is 9.21. The van der Waals surface area contributed by atoms with Crippen molar-refractivity contribution in [3.05, 3.63) is 58.6 Å². The third kappa shape index (κ3) is 4.92. The zero-order valence-corrected chi connectivity index (χ0v) is 17.8. The summed E-state index contributed by atoms with van der Waals surface area (Å²) in [5, 5.41) is 10.2. The topological polar surface area (TPSA) is 104 Å². The van der Waals surface area contributed by atoms with E-state index in [0.29, 0.717) is 5.02 Å². The molecule has 10 heteroatoms. The van der Waals surface area contributed by atoms with E-state index in [4.69, 9.17) is 16.3 Å². The number of halogens is 1. The van der Waals surface area contributed by atoms with Crippen LogP contribution in [0.5, 0.6) is 5.75 Å². The molecule has 2 aromatic carbocycles. The summed E-state index contributed by atoms with van der Waals surface area (Å²) in [5.41, 5.74) is 0.755. The first kappa shape index (κ1) is 22.1. The third-order valence-corrected chi connectivity index (χ3v) is 6.91. The molecule has 160 valence electrons. The van der Waals surface area contributed by atoms with E-state index in [1.54, 1.807) is 13.0 Å². The van der Waals surface area contributed by atoms with Crippen molar-refractivity contribution in [2.45, 2.75) is 11.8 Å². The van der Waals surface area contributed by atoms with Gasteiger partial charge < -0.3 is 14.7 Å². The highest BCUT2D eigenvalue weighted by Crippen LogP contribution is 2.21. The minimum absolute atomic E-state index is 0.0123. The molecule has 3 rings (SSSR count). The number of phenolic OH excluding ortho intramolecular Hbond substituents is 1. The average molecular weight is 453 g/mol. The summed E-state index contributed by atoms with van der Waals surface area (Å²) in [5.74, 6) is -1.45. The van der Waals surface area contributed by atoms with Gasteiger partial charge in [-0.25, -0.2) is 13.2 Å². The number of sulfonamides is 1. The Morgan fingerprint density at radius 3 is 2.33 bits per heavy atom. The van der Waals surface area contributed by atoms with Crippen LogP contribution in [0.3, 0.4) is 0 Å². The van der Waals surface area contributed by atoms with Gasteiger partial charge >= 0.3 is 5.97 Å². The minimum atomic E-state index is -3.67. The summed E-state index contributed by atoms with van der Waals surface area (Å²) in [4.78, 5) is 26.1.